The summed E-state index contributed by atoms with van der Waals surface area (Å²) in [7, 11) is 0. The molecule has 72 valence electrons. The fourth-order valence-electron chi connectivity index (χ4n) is 1.82. The van der Waals surface area contributed by atoms with Crippen molar-refractivity contribution in [1.29, 1.82) is 0 Å². The van der Waals surface area contributed by atoms with Crippen LogP contribution in [0.3, 0.4) is 0 Å². The van der Waals surface area contributed by atoms with E-state index in [9.17, 15) is 5.11 Å². The van der Waals surface area contributed by atoms with Crippen LogP contribution in [0.15, 0.2) is 17.5 Å². The predicted molar refractivity (Wildman–Crippen MR) is 55.1 cm³/mol. The molecule has 2 N–H and O–H groups in total. The van der Waals surface area contributed by atoms with E-state index in [-0.39, 0.29) is 6.10 Å². The molecule has 0 amide bonds. The zero-order chi connectivity index (χ0) is 9.10. The molecule has 13 heavy (non-hydrogen) atoms. The Hall–Kier alpha value is -0.380. The molecule has 1 aliphatic heterocycles. The second-order valence-corrected chi connectivity index (χ2v) is 4.59. The Morgan fingerprint density at radius 2 is 2.62 bits per heavy atom. The Bertz CT molecular complexity index is 241. The molecule has 1 aromatic heterocycles. The summed E-state index contributed by atoms with van der Waals surface area (Å²) in [5.41, 5.74) is 0. The summed E-state index contributed by atoms with van der Waals surface area (Å²) in [5, 5.41) is 15.2. The van der Waals surface area contributed by atoms with Crippen LogP contribution in [0.5, 0.6) is 0 Å². The highest BCUT2D eigenvalue weighted by atomic mass is 32.1. The van der Waals surface area contributed by atoms with Crippen molar-refractivity contribution in [2.75, 3.05) is 6.54 Å². The largest absolute Gasteiger partial charge is 0.391 e. The first kappa shape index (κ1) is 9.19. The van der Waals surface area contributed by atoms with Gasteiger partial charge in [-0.1, -0.05) is 6.07 Å². The highest BCUT2D eigenvalue weighted by Gasteiger charge is 2.22. The first-order valence-corrected chi connectivity index (χ1v) is 5.68. The second-order valence-electron chi connectivity index (χ2n) is 3.55. The van der Waals surface area contributed by atoms with E-state index in [4.69, 9.17) is 0 Å². The third kappa shape index (κ3) is 2.30. The van der Waals surface area contributed by atoms with Crippen LogP contribution in [0.25, 0.3) is 0 Å². The molecule has 0 saturated carbocycles. The monoisotopic (exact) mass is 197 g/mol. The van der Waals surface area contributed by atoms with Crippen LogP contribution in [0, 0.1) is 0 Å². The second kappa shape index (κ2) is 4.22. The number of hydrogen-bond donors (Lipinski definition) is 2. The van der Waals surface area contributed by atoms with Gasteiger partial charge in [0.2, 0.25) is 0 Å². The van der Waals surface area contributed by atoms with Crippen molar-refractivity contribution in [3.63, 3.8) is 0 Å². The summed E-state index contributed by atoms with van der Waals surface area (Å²) in [5.74, 6) is 0. The van der Waals surface area contributed by atoms with Crippen molar-refractivity contribution < 1.29 is 5.11 Å². The quantitative estimate of drug-likeness (QED) is 0.768. The standard InChI is InChI=1S/C10H15NOS/c12-10(9-4-1-5-11-9)7-8-3-2-6-13-8/h2-3,6,9-12H,1,4-5,7H2. The number of aliphatic hydroxyl groups is 1. The lowest BCUT2D eigenvalue weighted by atomic mass is 10.1. The summed E-state index contributed by atoms with van der Waals surface area (Å²) >= 11 is 1.72. The normalized spacial score (nSPS) is 24.8. The number of thiophene rings is 1. The molecule has 2 heterocycles. The van der Waals surface area contributed by atoms with Crippen LogP contribution < -0.4 is 5.32 Å². The van der Waals surface area contributed by atoms with Gasteiger partial charge in [-0.3, -0.25) is 0 Å². The molecule has 1 aliphatic rings. The molecule has 2 atom stereocenters. The van der Waals surface area contributed by atoms with Crippen molar-refractivity contribution in [3.05, 3.63) is 22.4 Å². The van der Waals surface area contributed by atoms with Gasteiger partial charge in [0.25, 0.3) is 0 Å². The van der Waals surface area contributed by atoms with Gasteiger partial charge in [-0.2, -0.15) is 0 Å². The van der Waals surface area contributed by atoms with Gasteiger partial charge in [-0.25, -0.2) is 0 Å². The number of hydrogen-bond acceptors (Lipinski definition) is 3. The van der Waals surface area contributed by atoms with E-state index in [0.717, 1.165) is 19.4 Å². The molecule has 0 aromatic carbocycles. The first-order valence-electron chi connectivity index (χ1n) is 4.80. The van der Waals surface area contributed by atoms with Crippen molar-refractivity contribution in [2.45, 2.75) is 31.4 Å². The van der Waals surface area contributed by atoms with E-state index in [1.165, 1.54) is 11.3 Å². The van der Waals surface area contributed by atoms with Gasteiger partial charge < -0.3 is 10.4 Å². The van der Waals surface area contributed by atoms with E-state index in [1.807, 2.05) is 6.07 Å². The molecule has 0 bridgehead atoms. The maximum absolute atomic E-state index is 9.86. The maximum atomic E-state index is 9.86. The van der Waals surface area contributed by atoms with Crippen LogP contribution in [-0.2, 0) is 6.42 Å². The molecular formula is C10H15NOS. The van der Waals surface area contributed by atoms with Crippen LogP contribution in [-0.4, -0.2) is 23.8 Å². The Kier molecular flexibility index (Phi) is 2.98. The molecule has 3 heteroatoms. The molecule has 2 rings (SSSR count). The van der Waals surface area contributed by atoms with Crippen molar-refractivity contribution in [1.82, 2.24) is 5.32 Å². The van der Waals surface area contributed by atoms with Crippen LogP contribution in [0.4, 0.5) is 0 Å². The van der Waals surface area contributed by atoms with Crippen LogP contribution >= 0.6 is 11.3 Å². The lowest BCUT2D eigenvalue weighted by Crippen LogP contribution is -2.35. The molecule has 1 fully saturated rings. The van der Waals surface area contributed by atoms with Crippen LogP contribution in [0.1, 0.15) is 17.7 Å². The topological polar surface area (TPSA) is 32.3 Å². The minimum atomic E-state index is -0.207. The minimum absolute atomic E-state index is 0.207. The average molecular weight is 197 g/mol. The Morgan fingerprint density at radius 1 is 1.69 bits per heavy atom. The number of nitrogens with one attached hydrogen (secondary N) is 1. The fraction of sp³-hybridized carbons (Fsp3) is 0.600. The van der Waals surface area contributed by atoms with Gasteiger partial charge in [-0.05, 0) is 30.8 Å². The SMILES string of the molecule is OC(Cc1cccs1)C1CCCN1. The summed E-state index contributed by atoms with van der Waals surface area (Å²) in [4.78, 5) is 1.28. The maximum Gasteiger partial charge on any atom is 0.0741 e. The number of rotatable bonds is 3. The van der Waals surface area contributed by atoms with E-state index >= 15 is 0 Å². The zero-order valence-electron chi connectivity index (χ0n) is 7.57. The van der Waals surface area contributed by atoms with E-state index in [1.54, 1.807) is 11.3 Å². The molecule has 0 aliphatic carbocycles. The Morgan fingerprint density at radius 3 is 3.23 bits per heavy atom. The predicted octanol–water partition coefficient (Wildman–Crippen LogP) is 1.40. The smallest absolute Gasteiger partial charge is 0.0741 e. The summed E-state index contributed by atoms with van der Waals surface area (Å²) in [6, 6.07) is 4.44. The third-order valence-electron chi connectivity index (χ3n) is 2.55. The van der Waals surface area contributed by atoms with E-state index in [0.29, 0.717) is 6.04 Å². The molecule has 0 radical (unpaired) electrons. The lowest BCUT2D eigenvalue weighted by Gasteiger charge is -2.17. The number of aliphatic hydroxyl groups excluding tert-OH is 1. The highest BCUT2D eigenvalue weighted by Crippen LogP contribution is 2.16. The van der Waals surface area contributed by atoms with Crippen LogP contribution in [0.2, 0.25) is 0 Å². The molecule has 2 unspecified atom stereocenters. The van der Waals surface area contributed by atoms with Crippen molar-refractivity contribution in [3.8, 4) is 0 Å². The Labute approximate surface area is 82.6 Å². The van der Waals surface area contributed by atoms with Gasteiger partial charge >= 0.3 is 0 Å². The lowest BCUT2D eigenvalue weighted by molar-refractivity contribution is 0.137. The first-order chi connectivity index (χ1) is 6.36. The van der Waals surface area contributed by atoms with Crippen molar-refractivity contribution in [2.24, 2.45) is 0 Å². The van der Waals surface area contributed by atoms with Gasteiger partial charge in [0.1, 0.15) is 0 Å². The fourth-order valence-corrected chi connectivity index (χ4v) is 2.57. The molecule has 1 saturated heterocycles. The minimum Gasteiger partial charge on any atom is -0.391 e. The van der Waals surface area contributed by atoms with E-state index in [2.05, 4.69) is 16.8 Å². The van der Waals surface area contributed by atoms with Gasteiger partial charge in [0, 0.05) is 17.3 Å². The molecule has 0 spiro atoms. The highest BCUT2D eigenvalue weighted by molar-refractivity contribution is 7.09. The van der Waals surface area contributed by atoms with Gasteiger partial charge in [-0.15, -0.1) is 11.3 Å². The zero-order valence-corrected chi connectivity index (χ0v) is 8.39. The summed E-state index contributed by atoms with van der Waals surface area (Å²) in [6.45, 7) is 1.06. The average Bonchev–Trinajstić information content (AvgIpc) is 2.74. The van der Waals surface area contributed by atoms with Crippen molar-refractivity contribution >= 4 is 11.3 Å². The van der Waals surface area contributed by atoms with Gasteiger partial charge in [0.05, 0.1) is 6.10 Å². The molecular weight excluding hydrogens is 182 g/mol. The van der Waals surface area contributed by atoms with E-state index < -0.39 is 0 Å². The molecule has 2 nitrogen and oxygen atoms in total. The Balaban J connectivity index is 1.87. The van der Waals surface area contributed by atoms with Gasteiger partial charge in [0.15, 0.2) is 0 Å². The summed E-state index contributed by atoms with van der Waals surface area (Å²) < 4.78 is 0. The third-order valence-corrected chi connectivity index (χ3v) is 3.45. The molecule has 1 aromatic rings. The summed E-state index contributed by atoms with van der Waals surface area (Å²) in [6.07, 6.45) is 2.91.